The van der Waals surface area contributed by atoms with Gasteiger partial charge in [0.15, 0.2) is 0 Å². The zero-order valence-electron chi connectivity index (χ0n) is 18.5. The van der Waals surface area contributed by atoms with E-state index in [0.717, 1.165) is 23.1 Å². The summed E-state index contributed by atoms with van der Waals surface area (Å²) in [6.45, 7) is 1.78. The second kappa shape index (κ2) is 12.0. The van der Waals surface area contributed by atoms with Gasteiger partial charge < -0.3 is 21.4 Å². The molecular formula is C23H27F4N5O2. The largest absolute Gasteiger partial charge is 0.416 e. The first-order valence-electron chi connectivity index (χ1n) is 10.5. The number of amides is 2. The predicted octanol–water partition coefficient (Wildman–Crippen LogP) is 2.69. The maximum absolute atomic E-state index is 13.9. The van der Waals surface area contributed by atoms with Crippen LogP contribution in [-0.4, -0.2) is 36.0 Å². The first-order valence-corrected chi connectivity index (χ1v) is 10.5. The molecule has 0 aliphatic carbocycles. The van der Waals surface area contributed by atoms with E-state index in [4.69, 9.17) is 11.6 Å². The average molecular weight is 481 g/mol. The Hall–Kier alpha value is -3.60. The Morgan fingerprint density at radius 1 is 1.15 bits per heavy atom. The zero-order chi connectivity index (χ0) is 25.3. The number of nitrogens with one attached hydrogen (secondary N) is 2. The van der Waals surface area contributed by atoms with Crippen molar-refractivity contribution in [1.82, 2.24) is 15.6 Å². The fourth-order valence-electron chi connectivity index (χ4n) is 2.98. The molecule has 2 aromatic rings. The van der Waals surface area contributed by atoms with E-state index in [9.17, 15) is 27.2 Å². The van der Waals surface area contributed by atoms with Crippen molar-refractivity contribution >= 4 is 11.8 Å². The van der Waals surface area contributed by atoms with Crippen molar-refractivity contribution in [2.24, 2.45) is 11.6 Å². The van der Waals surface area contributed by atoms with E-state index in [1.54, 1.807) is 0 Å². The number of halogens is 4. The summed E-state index contributed by atoms with van der Waals surface area (Å²) < 4.78 is 51.7. The van der Waals surface area contributed by atoms with Gasteiger partial charge in [-0.3, -0.25) is 9.59 Å². The SMILES string of the molecule is CC(CCc1ccccc1)NC(=O)/C(N)=C/N(N)CCNC(=O)c1ccc(C(F)(F)F)cc1F. The van der Waals surface area contributed by atoms with Crippen LogP contribution in [0.4, 0.5) is 17.6 Å². The van der Waals surface area contributed by atoms with Crippen molar-refractivity contribution in [1.29, 1.82) is 0 Å². The first kappa shape index (κ1) is 26.7. The molecule has 1 atom stereocenters. The number of hydrogen-bond donors (Lipinski definition) is 4. The van der Waals surface area contributed by atoms with Gasteiger partial charge in [-0.15, -0.1) is 0 Å². The lowest BCUT2D eigenvalue weighted by Gasteiger charge is -2.17. The van der Waals surface area contributed by atoms with Gasteiger partial charge in [0.25, 0.3) is 11.8 Å². The summed E-state index contributed by atoms with van der Waals surface area (Å²) in [6, 6.07) is 11.3. The van der Waals surface area contributed by atoms with Crippen molar-refractivity contribution < 1.29 is 27.2 Å². The standard InChI is InChI=1S/C23H27F4N5O2/c1-15(7-8-16-5-3-2-4-6-16)31-22(34)20(28)14-32(29)12-11-30-21(33)18-10-9-17(13-19(18)24)23(25,26)27/h2-6,9-10,13-15H,7-8,11-12,28-29H2,1H3,(H,30,33)(H,31,34)/b20-14-. The molecule has 34 heavy (non-hydrogen) atoms. The number of hydrazine groups is 1. The first-order chi connectivity index (χ1) is 16.0. The van der Waals surface area contributed by atoms with Crippen LogP contribution in [0.2, 0.25) is 0 Å². The van der Waals surface area contributed by atoms with Crippen molar-refractivity contribution in [3.63, 3.8) is 0 Å². The normalized spacial score (nSPS) is 12.7. The summed E-state index contributed by atoms with van der Waals surface area (Å²) in [5.74, 6) is 3.05. The molecule has 184 valence electrons. The summed E-state index contributed by atoms with van der Waals surface area (Å²) in [5.41, 5.74) is 5.05. The molecule has 2 amide bonds. The van der Waals surface area contributed by atoms with Crippen molar-refractivity contribution in [2.45, 2.75) is 32.0 Å². The number of aryl methyl sites for hydroxylation is 1. The molecule has 1 unspecified atom stereocenters. The van der Waals surface area contributed by atoms with Crippen molar-refractivity contribution in [3.05, 3.63) is 82.9 Å². The summed E-state index contributed by atoms with van der Waals surface area (Å²) in [7, 11) is 0. The van der Waals surface area contributed by atoms with Crippen LogP contribution in [0, 0.1) is 5.82 Å². The summed E-state index contributed by atoms with van der Waals surface area (Å²) >= 11 is 0. The number of rotatable bonds is 10. The van der Waals surface area contributed by atoms with Crippen LogP contribution in [0.5, 0.6) is 0 Å². The van der Waals surface area contributed by atoms with Gasteiger partial charge in [-0.1, -0.05) is 30.3 Å². The lowest BCUT2D eigenvalue weighted by molar-refractivity contribution is -0.137. The van der Waals surface area contributed by atoms with Gasteiger partial charge in [0, 0.05) is 18.8 Å². The van der Waals surface area contributed by atoms with Crippen molar-refractivity contribution in [2.75, 3.05) is 13.1 Å². The van der Waals surface area contributed by atoms with Gasteiger partial charge in [0.05, 0.1) is 17.7 Å². The van der Waals surface area contributed by atoms with Crippen LogP contribution in [0.15, 0.2) is 60.4 Å². The summed E-state index contributed by atoms with van der Waals surface area (Å²) in [4.78, 5) is 24.3. The number of nitrogens with two attached hydrogens (primary N) is 2. The van der Waals surface area contributed by atoms with Gasteiger partial charge in [-0.25, -0.2) is 10.2 Å². The topological polar surface area (TPSA) is 113 Å². The van der Waals surface area contributed by atoms with E-state index in [-0.39, 0.29) is 30.9 Å². The minimum absolute atomic E-state index is 0.00549. The molecule has 0 heterocycles. The molecule has 0 spiro atoms. The Morgan fingerprint density at radius 2 is 1.82 bits per heavy atom. The minimum Gasteiger partial charge on any atom is -0.393 e. The lowest BCUT2D eigenvalue weighted by atomic mass is 10.1. The minimum atomic E-state index is -4.71. The highest BCUT2D eigenvalue weighted by atomic mass is 19.4. The Kier molecular flexibility index (Phi) is 9.43. The number of nitrogens with zero attached hydrogens (tertiary/aromatic N) is 1. The molecule has 0 aliphatic heterocycles. The molecule has 0 saturated heterocycles. The maximum Gasteiger partial charge on any atom is 0.416 e. The molecule has 6 N–H and O–H groups in total. The second-order valence-corrected chi connectivity index (χ2v) is 7.67. The third kappa shape index (κ3) is 8.39. The van der Waals surface area contributed by atoms with Gasteiger partial charge in [-0.2, -0.15) is 13.2 Å². The second-order valence-electron chi connectivity index (χ2n) is 7.67. The van der Waals surface area contributed by atoms with Gasteiger partial charge >= 0.3 is 6.18 Å². The highest BCUT2D eigenvalue weighted by Gasteiger charge is 2.31. The van der Waals surface area contributed by atoms with E-state index < -0.39 is 34.9 Å². The molecule has 0 fully saturated rings. The van der Waals surface area contributed by atoms with Crippen LogP contribution in [0.25, 0.3) is 0 Å². The van der Waals surface area contributed by atoms with E-state index in [0.29, 0.717) is 12.5 Å². The fraction of sp³-hybridized carbons (Fsp3) is 0.304. The highest BCUT2D eigenvalue weighted by Crippen LogP contribution is 2.30. The maximum atomic E-state index is 13.9. The van der Waals surface area contributed by atoms with Gasteiger partial charge in [0.1, 0.15) is 11.5 Å². The predicted molar refractivity (Wildman–Crippen MR) is 119 cm³/mol. The zero-order valence-corrected chi connectivity index (χ0v) is 18.5. The molecule has 2 rings (SSSR count). The van der Waals surface area contributed by atoms with Crippen LogP contribution in [0.1, 0.15) is 34.8 Å². The van der Waals surface area contributed by atoms with E-state index in [1.165, 1.54) is 6.20 Å². The van der Waals surface area contributed by atoms with Crippen LogP contribution >= 0.6 is 0 Å². The number of hydrogen-bond acceptors (Lipinski definition) is 5. The molecule has 0 saturated carbocycles. The smallest absolute Gasteiger partial charge is 0.393 e. The quantitative estimate of drug-likeness (QED) is 0.180. The number of carbonyl (C=O) groups is 2. The molecule has 7 nitrogen and oxygen atoms in total. The third-order valence-electron chi connectivity index (χ3n) is 4.85. The molecule has 11 heteroatoms. The molecule has 2 aromatic carbocycles. The number of benzene rings is 2. The van der Waals surface area contributed by atoms with Crippen molar-refractivity contribution in [3.8, 4) is 0 Å². The molecule has 0 aliphatic rings. The Bertz CT molecular complexity index is 1010. The Labute approximate surface area is 194 Å². The molecular weight excluding hydrogens is 454 g/mol. The Morgan fingerprint density at radius 3 is 2.44 bits per heavy atom. The lowest BCUT2D eigenvalue weighted by Crippen LogP contribution is -2.39. The Balaban J connectivity index is 1.78. The number of alkyl halides is 3. The average Bonchev–Trinajstić information content (AvgIpc) is 2.77. The van der Waals surface area contributed by atoms with Crippen LogP contribution < -0.4 is 22.2 Å². The summed E-state index contributed by atoms with van der Waals surface area (Å²) in [6.07, 6.45) is -2.03. The molecule has 0 radical (unpaired) electrons. The third-order valence-corrected chi connectivity index (χ3v) is 4.85. The van der Waals surface area contributed by atoms with E-state index in [1.807, 2.05) is 37.3 Å². The fourth-order valence-corrected chi connectivity index (χ4v) is 2.98. The molecule has 0 aromatic heterocycles. The van der Waals surface area contributed by atoms with E-state index >= 15 is 0 Å². The van der Waals surface area contributed by atoms with Crippen LogP contribution in [0.3, 0.4) is 0 Å². The monoisotopic (exact) mass is 481 g/mol. The highest BCUT2D eigenvalue weighted by molar-refractivity contribution is 5.94. The van der Waals surface area contributed by atoms with Gasteiger partial charge in [-0.05, 0) is 43.5 Å². The van der Waals surface area contributed by atoms with Crippen LogP contribution in [-0.2, 0) is 17.4 Å². The van der Waals surface area contributed by atoms with Gasteiger partial charge in [0.2, 0.25) is 0 Å². The van der Waals surface area contributed by atoms with E-state index in [2.05, 4.69) is 10.6 Å². The molecule has 0 bridgehead atoms. The summed E-state index contributed by atoms with van der Waals surface area (Å²) in [5, 5.41) is 6.17. The number of carbonyl (C=O) groups excluding carboxylic acids is 2.